The van der Waals surface area contributed by atoms with E-state index >= 15 is 0 Å². The van der Waals surface area contributed by atoms with Crippen molar-refractivity contribution in [2.45, 2.75) is 4.90 Å². The van der Waals surface area contributed by atoms with Crippen molar-refractivity contribution in [2.75, 3.05) is 45.3 Å². The van der Waals surface area contributed by atoms with Gasteiger partial charge in [0.2, 0.25) is 10.0 Å². The Labute approximate surface area is 188 Å². The summed E-state index contributed by atoms with van der Waals surface area (Å²) in [6.07, 6.45) is 0. The number of nitrogens with zero attached hydrogens (tertiary/aromatic N) is 3. The lowest BCUT2D eigenvalue weighted by Gasteiger charge is -2.33. The minimum absolute atomic E-state index is 0.163. The number of aromatic nitrogens is 1. The van der Waals surface area contributed by atoms with Crippen LogP contribution in [0.4, 0.5) is 13.9 Å². The number of hydrogen-bond acceptors (Lipinski definition) is 7. The van der Waals surface area contributed by atoms with Crippen LogP contribution in [0.2, 0.25) is 0 Å². The molecule has 0 atom stereocenters. The van der Waals surface area contributed by atoms with Gasteiger partial charge in [-0.2, -0.15) is 4.31 Å². The van der Waals surface area contributed by atoms with Gasteiger partial charge in [0.15, 0.2) is 5.13 Å². The van der Waals surface area contributed by atoms with Gasteiger partial charge in [-0.3, -0.25) is 0 Å². The van der Waals surface area contributed by atoms with E-state index in [0.29, 0.717) is 30.7 Å². The lowest BCUT2D eigenvalue weighted by atomic mass is 10.1. The molecule has 0 radical (unpaired) electrons. The Kier molecular flexibility index (Phi) is 6.31. The first-order valence-electron chi connectivity index (χ1n) is 9.71. The number of halogens is 2. The Morgan fingerprint density at radius 2 is 1.75 bits per heavy atom. The van der Waals surface area contributed by atoms with Gasteiger partial charge >= 0.3 is 0 Å². The fourth-order valence-corrected chi connectivity index (χ4v) is 5.84. The standard InChI is InChI=1S/C21H21F2N3O4S2/c1-29-15-4-5-19(30-2)16(12-15)18-13-31-21(24-18)25-7-9-26(10-8-25)32(27,28)20-6-3-14(22)11-17(20)23/h3-6,11-13H,7-10H2,1-2H3. The number of piperazine rings is 1. The van der Waals surface area contributed by atoms with Crippen LogP contribution in [0.25, 0.3) is 11.3 Å². The number of anilines is 1. The molecule has 170 valence electrons. The van der Waals surface area contributed by atoms with Crippen molar-refractivity contribution in [2.24, 2.45) is 0 Å². The zero-order valence-electron chi connectivity index (χ0n) is 17.4. The number of rotatable bonds is 6. The molecule has 2 heterocycles. The second-order valence-electron chi connectivity index (χ2n) is 7.05. The van der Waals surface area contributed by atoms with Crippen LogP contribution in [0.15, 0.2) is 46.7 Å². The maximum Gasteiger partial charge on any atom is 0.246 e. The van der Waals surface area contributed by atoms with Crippen LogP contribution in [0.5, 0.6) is 11.5 Å². The molecule has 0 amide bonds. The van der Waals surface area contributed by atoms with Crippen molar-refractivity contribution in [3.05, 3.63) is 53.4 Å². The summed E-state index contributed by atoms with van der Waals surface area (Å²) in [5.74, 6) is -0.565. The number of hydrogen-bond donors (Lipinski definition) is 0. The van der Waals surface area contributed by atoms with Crippen LogP contribution >= 0.6 is 11.3 Å². The van der Waals surface area contributed by atoms with Crippen LogP contribution in [0.1, 0.15) is 0 Å². The lowest BCUT2D eigenvalue weighted by Crippen LogP contribution is -2.48. The fourth-order valence-electron chi connectivity index (χ4n) is 3.49. The molecule has 0 spiro atoms. The molecule has 0 unspecified atom stereocenters. The van der Waals surface area contributed by atoms with E-state index < -0.39 is 26.6 Å². The largest absolute Gasteiger partial charge is 0.497 e. The van der Waals surface area contributed by atoms with Crippen molar-refractivity contribution in [1.82, 2.24) is 9.29 Å². The molecule has 0 N–H and O–H groups in total. The van der Waals surface area contributed by atoms with Crippen LogP contribution in [-0.2, 0) is 10.0 Å². The molecule has 1 fully saturated rings. The molecular formula is C21H21F2N3O4S2. The molecule has 0 saturated carbocycles. The Bertz CT molecular complexity index is 1230. The zero-order valence-corrected chi connectivity index (χ0v) is 19.0. The SMILES string of the molecule is COc1ccc(OC)c(-c2csc(N3CCN(S(=O)(=O)c4ccc(F)cc4F)CC3)n2)c1. The van der Waals surface area contributed by atoms with E-state index in [1.165, 1.54) is 15.6 Å². The summed E-state index contributed by atoms with van der Waals surface area (Å²) >= 11 is 1.44. The van der Waals surface area contributed by atoms with Crippen LogP contribution < -0.4 is 14.4 Å². The van der Waals surface area contributed by atoms with Crippen molar-refractivity contribution in [1.29, 1.82) is 0 Å². The zero-order chi connectivity index (χ0) is 22.9. The quantitative estimate of drug-likeness (QED) is 0.536. The van der Waals surface area contributed by atoms with Crippen molar-refractivity contribution in [3.8, 4) is 22.8 Å². The molecule has 0 aliphatic carbocycles. The average Bonchev–Trinajstić information content (AvgIpc) is 3.28. The summed E-state index contributed by atoms with van der Waals surface area (Å²) in [5.41, 5.74) is 1.52. The van der Waals surface area contributed by atoms with E-state index in [2.05, 4.69) is 0 Å². The minimum atomic E-state index is -4.05. The maximum atomic E-state index is 14.0. The van der Waals surface area contributed by atoms with E-state index in [1.807, 2.05) is 22.4 Å². The van der Waals surface area contributed by atoms with Gasteiger partial charge in [0, 0.05) is 43.2 Å². The van der Waals surface area contributed by atoms with Gasteiger partial charge < -0.3 is 14.4 Å². The summed E-state index contributed by atoms with van der Waals surface area (Å²) in [7, 11) is -0.880. The van der Waals surface area contributed by atoms with E-state index in [0.717, 1.165) is 28.5 Å². The normalized spacial score (nSPS) is 15.1. The van der Waals surface area contributed by atoms with Gasteiger partial charge in [0.25, 0.3) is 0 Å². The smallest absolute Gasteiger partial charge is 0.246 e. The highest BCUT2D eigenvalue weighted by Gasteiger charge is 2.31. The molecule has 3 aromatic rings. The van der Waals surface area contributed by atoms with Gasteiger partial charge in [-0.05, 0) is 30.3 Å². The number of benzene rings is 2. The first-order valence-corrected chi connectivity index (χ1v) is 12.0. The minimum Gasteiger partial charge on any atom is -0.497 e. The summed E-state index contributed by atoms with van der Waals surface area (Å²) in [5, 5.41) is 2.65. The van der Waals surface area contributed by atoms with E-state index in [9.17, 15) is 17.2 Å². The molecule has 1 aliphatic rings. The molecule has 0 bridgehead atoms. The number of methoxy groups -OCH3 is 2. The topological polar surface area (TPSA) is 72.0 Å². The van der Waals surface area contributed by atoms with Gasteiger partial charge in [0.05, 0.1) is 19.9 Å². The Hall–Kier alpha value is -2.76. The van der Waals surface area contributed by atoms with Gasteiger partial charge in [-0.15, -0.1) is 11.3 Å². The lowest BCUT2D eigenvalue weighted by molar-refractivity contribution is 0.382. The highest BCUT2D eigenvalue weighted by Crippen LogP contribution is 2.36. The number of thiazole rings is 1. The molecule has 1 aliphatic heterocycles. The van der Waals surface area contributed by atoms with Gasteiger partial charge in [-0.1, -0.05) is 0 Å². The third-order valence-electron chi connectivity index (χ3n) is 5.20. The average molecular weight is 482 g/mol. The maximum absolute atomic E-state index is 14.0. The van der Waals surface area contributed by atoms with Crippen molar-refractivity contribution < 1.29 is 26.7 Å². The molecule has 4 rings (SSSR count). The monoisotopic (exact) mass is 481 g/mol. The van der Waals surface area contributed by atoms with Crippen LogP contribution in [-0.4, -0.2) is 58.1 Å². The molecule has 1 aromatic heterocycles. The highest BCUT2D eigenvalue weighted by molar-refractivity contribution is 7.89. The van der Waals surface area contributed by atoms with E-state index in [4.69, 9.17) is 14.5 Å². The fraction of sp³-hybridized carbons (Fsp3) is 0.286. The molecule has 2 aromatic carbocycles. The molecule has 1 saturated heterocycles. The summed E-state index contributed by atoms with van der Waals surface area (Å²) in [6.45, 7) is 1.11. The second kappa shape index (κ2) is 9.00. The Balaban J connectivity index is 1.50. The van der Waals surface area contributed by atoms with Crippen LogP contribution in [0, 0.1) is 11.6 Å². The second-order valence-corrected chi connectivity index (χ2v) is 9.79. The van der Waals surface area contributed by atoms with Crippen molar-refractivity contribution in [3.63, 3.8) is 0 Å². The van der Waals surface area contributed by atoms with E-state index in [1.54, 1.807) is 20.3 Å². The highest BCUT2D eigenvalue weighted by atomic mass is 32.2. The molecule has 7 nitrogen and oxygen atoms in total. The van der Waals surface area contributed by atoms with Gasteiger partial charge in [-0.25, -0.2) is 22.2 Å². The number of ether oxygens (including phenoxy) is 2. The Morgan fingerprint density at radius 1 is 1.00 bits per heavy atom. The summed E-state index contributed by atoms with van der Waals surface area (Å²) in [6, 6.07) is 7.94. The molecule has 11 heteroatoms. The van der Waals surface area contributed by atoms with Gasteiger partial charge in [0.1, 0.15) is 28.0 Å². The summed E-state index contributed by atoms with van der Waals surface area (Å²) in [4.78, 5) is 6.16. The third kappa shape index (κ3) is 4.27. The first kappa shape index (κ1) is 22.4. The number of sulfonamides is 1. The predicted octanol–water partition coefficient (Wildman–Crippen LogP) is 3.62. The summed E-state index contributed by atoms with van der Waals surface area (Å²) < 4.78 is 64.7. The Morgan fingerprint density at radius 3 is 2.41 bits per heavy atom. The predicted molar refractivity (Wildman–Crippen MR) is 118 cm³/mol. The first-order chi connectivity index (χ1) is 15.3. The van der Waals surface area contributed by atoms with Crippen LogP contribution in [0.3, 0.4) is 0 Å². The molecule has 32 heavy (non-hydrogen) atoms. The van der Waals surface area contributed by atoms with Crippen molar-refractivity contribution >= 4 is 26.5 Å². The molecular weight excluding hydrogens is 460 g/mol. The third-order valence-corrected chi connectivity index (χ3v) is 8.03. The van der Waals surface area contributed by atoms with E-state index in [-0.39, 0.29) is 13.1 Å².